The first-order chi connectivity index (χ1) is 7.82. The topological polar surface area (TPSA) is 144 Å². The molecular weight excluding hydrogens is 252 g/mol. The average molecular weight is 260 g/mol. The molecule has 1 aromatic rings. The van der Waals surface area contributed by atoms with Crippen molar-refractivity contribution in [1.29, 1.82) is 0 Å². The van der Waals surface area contributed by atoms with Gasteiger partial charge >= 0.3 is 0 Å². The fourth-order valence-electron chi connectivity index (χ4n) is 1.42. The van der Waals surface area contributed by atoms with Crippen molar-refractivity contribution in [2.75, 3.05) is 0 Å². The predicted molar refractivity (Wildman–Crippen MR) is 54.4 cm³/mol. The molecule has 1 aliphatic rings. The van der Waals surface area contributed by atoms with E-state index in [2.05, 4.69) is 9.71 Å². The number of sulfonamides is 1. The molecule has 2 heterocycles. The maximum Gasteiger partial charge on any atom is 0.297 e. The number of carbonyl (C=O) groups excluding carboxylic acids is 1. The molecule has 0 saturated heterocycles. The maximum atomic E-state index is 11.6. The normalized spacial score (nSPS) is 17.4. The minimum Gasteiger partial charge on any atom is -0.501 e. The summed E-state index contributed by atoms with van der Waals surface area (Å²) in [6.07, 6.45) is 0. The standard InChI is InChI=1S/C7H8N4O5S/c8-6(13)4-5(12)7(14)11-2-17(15,16)9-1-3(11)10-4/h9,12H,1-2H2,(H2,8,13). The summed E-state index contributed by atoms with van der Waals surface area (Å²) in [6.45, 7) is -0.238. The van der Waals surface area contributed by atoms with Crippen LogP contribution in [0.1, 0.15) is 16.3 Å². The molecule has 4 N–H and O–H groups in total. The number of amides is 1. The lowest BCUT2D eigenvalue weighted by Gasteiger charge is -2.19. The van der Waals surface area contributed by atoms with Gasteiger partial charge in [-0.3, -0.25) is 14.2 Å². The van der Waals surface area contributed by atoms with Crippen LogP contribution in [0.4, 0.5) is 0 Å². The molecule has 0 unspecified atom stereocenters. The van der Waals surface area contributed by atoms with Gasteiger partial charge in [-0.1, -0.05) is 0 Å². The lowest BCUT2D eigenvalue weighted by Crippen LogP contribution is -2.41. The Bertz CT molecular complexity index is 662. The third-order valence-corrected chi connectivity index (χ3v) is 3.39. The molecule has 0 aromatic carbocycles. The Morgan fingerprint density at radius 1 is 1.53 bits per heavy atom. The van der Waals surface area contributed by atoms with Crippen LogP contribution in [-0.2, 0) is 22.4 Å². The van der Waals surface area contributed by atoms with Crippen molar-refractivity contribution in [3.8, 4) is 5.75 Å². The molecule has 1 aromatic heterocycles. The van der Waals surface area contributed by atoms with E-state index in [0.29, 0.717) is 0 Å². The van der Waals surface area contributed by atoms with E-state index in [1.807, 2.05) is 0 Å². The summed E-state index contributed by atoms with van der Waals surface area (Å²) < 4.78 is 25.4. The minimum absolute atomic E-state index is 0.0245. The van der Waals surface area contributed by atoms with Gasteiger partial charge in [0, 0.05) is 0 Å². The van der Waals surface area contributed by atoms with E-state index in [-0.39, 0.29) is 12.4 Å². The monoisotopic (exact) mass is 260 g/mol. The van der Waals surface area contributed by atoms with Gasteiger partial charge in [-0.25, -0.2) is 18.1 Å². The fraction of sp³-hybridized carbons (Fsp3) is 0.286. The van der Waals surface area contributed by atoms with Gasteiger partial charge in [0.2, 0.25) is 15.8 Å². The van der Waals surface area contributed by atoms with Crippen molar-refractivity contribution in [2.24, 2.45) is 5.73 Å². The number of aromatic hydroxyl groups is 1. The van der Waals surface area contributed by atoms with E-state index in [1.165, 1.54) is 0 Å². The Labute approximate surface area is 94.9 Å². The number of nitrogens with zero attached hydrogens (tertiary/aromatic N) is 2. The van der Waals surface area contributed by atoms with Gasteiger partial charge in [0.1, 0.15) is 11.7 Å². The summed E-state index contributed by atoms with van der Waals surface area (Å²) in [5.74, 6) is -2.63. The Kier molecular flexibility index (Phi) is 2.40. The van der Waals surface area contributed by atoms with E-state index >= 15 is 0 Å². The van der Waals surface area contributed by atoms with Crippen molar-refractivity contribution in [1.82, 2.24) is 14.3 Å². The molecule has 0 aliphatic carbocycles. The number of fused-ring (bicyclic) bond motifs is 1. The highest BCUT2D eigenvalue weighted by Gasteiger charge is 2.26. The van der Waals surface area contributed by atoms with Crippen LogP contribution in [-0.4, -0.2) is 29.0 Å². The summed E-state index contributed by atoms with van der Waals surface area (Å²) in [5, 5.41) is 9.38. The van der Waals surface area contributed by atoms with Crippen molar-refractivity contribution in [3.05, 3.63) is 21.9 Å². The molecular formula is C7H8N4O5S. The molecule has 0 saturated carbocycles. The van der Waals surface area contributed by atoms with Gasteiger partial charge in [-0.2, -0.15) is 0 Å². The zero-order valence-corrected chi connectivity index (χ0v) is 9.19. The lowest BCUT2D eigenvalue weighted by atomic mass is 10.3. The minimum atomic E-state index is -3.62. The third-order valence-electron chi connectivity index (χ3n) is 2.21. The molecule has 10 heteroatoms. The molecule has 1 amide bonds. The van der Waals surface area contributed by atoms with Crippen molar-refractivity contribution in [3.63, 3.8) is 0 Å². The van der Waals surface area contributed by atoms with Crippen molar-refractivity contribution < 1.29 is 18.3 Å². The number of rotatable bonds is 1. The lowest BCUT2D eigenvalue weighted by molar-refractivity contribution is 0.0991. The Balaban J connectivity index is 2.71. The molecule has 0 spiro atoms. The number of aromatic nitrogens is 2. The SMILES string of the molecule is NC(=O)c1nc2n(c(=O)c1O)CS(=O)(=O)NC2. The molecule has 0 atom stereocenters. The largest absolute Gasteiger partial charge is 0.501 e. The quantitative estimate of drug-likeness (QED) is 0.506. The summed E-state index contributed by atoms with van der Waals surface area (Å²) in [4.78, 5) is 26.1. The molecule has 17 heavy (non-hydrogen) atoms. The van der Waals surface area contributed by atoms with Crippen molar-refractivity contribution >= 4 is 15.9 Å². The van der Waals surface area contributed by atoms with E-state index in [9.17, 15) is 23.1 Å². The number of carbonyl (C=O) groups is 1. The molecule has 9 nitrogen and oxygen atoms in total. The molecule has 0 radical (unpaired) electrons. The zero-order valence-electron chi connectivity index (χ0n) is 8.37. The first kappa shape index (κ1) is 11.5. The molecule has 0 bridgehead atoms. The van der Waals surface area contributed by atoms with E-state index in [0.717, 1.165) is 4.57 Å². The third kappa shape index (κ3) is 1.87. The number of hydrogen-bond acceptors (Lipinski definition) is 6. The molecule has 0 fully saturated rings. The maximum absolute atomic E-state index is 11.6. The number of nitrogens with two attached hydrogens (primary N) is 1. The van der Waals surface area contributed by atoms with Gasteiger partial charge in [-0.15, -0.1) is 0 Å². The van der Waals surface area contributed by atoms with Gasteiger partial charge < -0.3 is 10.8 Å². The zero-order chi connectivity index (χ0) is 12.8. The highest BCUT2D eigenvalue weighted by atomic mass is 32.2. The first-order valence-electron chi connectivity index (χ1n) is 4.41. The number of primary amides is 1. The van der Waals surface area contributed by atoms with E-state index < -0.39 is 38.8 Å². The van der Waals surface area contributed by atoms with Crippen LogP contribution in [0.2, 0.25) is 0 Å². The van der Waals surface area contributed by atoms with Crippen LogP contribution in [0.3, 0.4) is 0 Å². The smallest absolute Gasteiger partial charge is 0.297 e. The van der Waals surface area contributed by atoms with E-state index in [4.69, 9.17) is 5.73 Å². The second-order valence-corrected chi connectivity index (χ2v) is 5.16. The second-order valence-electron chi connectivity index (χ2n) is 3.39. The summed E-state index contributed by atoms with van der Waals surface area (Å²) in [6, 6.07) is 0. The number of nitrogens with one attached hydrogen (secondary N) is 1. The molecule has 2 rings (SSSR count). The van der Waals surface area contributed by atoms with Crippen LogP contribution >= 0.6 is 0 Å². The Morgan fingerprint density at radius 2 is 2.18 bits per heavy atom. The van der Waals surface area contributed by atoms with Gasteiger partial charge in [0.05, 0.1) is 6.54 Å². The van der Waals surface area contributed by atoms with Crippen LogP contribution < -0.4 is 16.0 Å². The van der Waals surface area contributed by atoms with Gasteiger partial charge in [0.25, 0.3) is 11.5 Å². The van der Waals surface area contributed by atoms with Gasteiger partial charge in [-0.05, 0) is 0 Å². The first-order valence-corrected chi connectivity index (χ1v) is 6.07. The molecule has 92 valence electrons. The van der Waals surface area contributed by atoms with Crippen LogP contribution in [0, 0.1) is 0 Å². The highest BCUT2D eigenvalue weighted by Crippen LogP contribution is 2.12. The summed E-state index contributed by atoms with van der Waals surface area (Å²) in [7, 11) is -3.62. The van der Waals surface area contributed by atoms with E-state index in [1.54, 1.807) is 0 Å². The summed E-state index contributed by atoms with van der Waals surface area (Å²) >= 11 is 0. The van der Waals surface area contributed by atoms with Crippen LogP contribution in [0.25, 0.3) is 0 Å². The number of hydrogen-bond donors (Lipinski definition) is 3. The average Bonchev–Trinajstić information content (AvgIpc) is 2.23. The highest BCUT2D eigenvalue weighted by molar-refractivity contribution is 7.88. The molecule has 1 aliphatic heterocycles. The van der Waals surface area contributed by atoms with Crippen LogP contribution in [0.5, 0.6) is 5.75 Å². The second kappa shape index (κ2) is 3.53. The van der Waals surface area contributed by atoms with Gasteiger partial charge in [0.15, 0.2) is 5.69 Å². The predicted octanol–water partition coefficient (Wildman–Crippen LogP) is -2.56. The Hall–Kier alpha value is -1.94. The van der Waals surface area contributed by atoms with Crippen LogP contribution in [0.15, 0.2) is 4.79 Å². The Morgan fingerprint density at radius 3 is 2.76 bits per heavy atom. The fourth-order valence-corrected chi connectivity index (χ4v) is 2.47. The van der Waals surface area contributed by atoms with Crippen molar-refractivity contribution in [2.45, 2.75) is 12.4 Å². The summed E-state index contributed by atoms with van der Waals surface area (Å²) in [5.41, 5.74) is 3.35.